The molecule has 1 aliphatic heterocycles. The summed E-state index contributed by atoms with van der Waals surface area (Å²) in [6.07, 6.45) is 4.50. The van der Waals surface area contributed by atoms with Crippen LogP contribution in [0.15, 0.2) is 12.4 Å². The number of likely N-dealkylation sites (tertiary alicyclic amines) is 1. The van der Waals surface area contributed by atoms with E-state index >= 15 is 0 Å². The summed E-state index contributed by atoms with van der Waals surface area (Å²) in [6, 6.07) is -0.766. The number of aliphatic carboxylic acids is 1. The van der Waals surface area contributed by atoms with Crippen LogP contribution in [0.4, 0.5) is 5.69 Å². The first-order chi connectivity index (χ1) is 9.99. The molecule has 1 fully saturated rings. The lowest BCUT2D eigenvalue weighted by Crippen LogP contribution is -2.48. The molecule has 0 saturated carbocycles. The first-order valence-corrected chi connectivity index (χ1v) is 6.68. The van der Waals surface area contributed by atoms with Gasteiger partial charge in [0.25, 0.3) is 0 Å². The fourth-order valence-electron chi connectivity index (χ4n) is 2.41. The highest BCUT2D eigenvalue weighted by Gasteiger charge is 2.31. The van der Waals surface area contributed by atoms with Gasteiger partial charge in [0.05, 0.1) is 4.92 Å². The van der Waals surface area contributed by atoms with Gasteiger partial charge in [-0.05, 0) is 19.3 Å². The maximum Gasteiger partial charge on any atom is 0.326 e. The van der Waals surface area contributed by atoms with Crippen molar-refractivity contribution in [3.8, 4) is 0 Å². The van der Waals surface area contributed by atoms with E-state index in [4.69, 9.17) is 5.11 Å². The summed E-state index contributed by atoms with van der Waals surface area (Å²) >= 11 is 0. The van der Waals surface area contributed by atoms with Crippen LogP contribution < -0.4 is 0 Å². The SMILES string of the molecule is O=C(O)[C@H]1CCCCN1C(=O)CCn1cc([N+](=O)[O-])cn1. The Morgan fingerprint density at radius 2 is 2.24 bits per heavy atom. The number of nitro groups is 1. The number of amides is 1. The maximum absolute atomic E-state index is 12.1. The van der Waals surface area contributed by atoms with Crippen LogP contribution in [-0.4, -0.2) is 49.2 Å². The summed E-state index contributed by atoms with van der Waals surface area (Å²) in [5.41, 5.74) is -0.135. The van der Waals surface area contributed by atoms with Gasteiger partial charge in [-0.1, -0.05) is 0 Å². The number of rotatable bonds is 5. The van der Waals surface area contributed by atoms with E-state index in [1.54, 1.807) is 0 Å². The van der Waals surface area contributed by atoms with E-state index < -0.39 is 16.9 Å². The zero-order chi connectivity index (χ0) is 15.4. The zero-order valence-electron chi connectivity index (χ0n) is 11.3. The van der Waals surface area contributed by atoms with E-state index in [2.05, 4.69) is 5.10 Å². The average molecular weight is 296 g/mol. The number of carboxylic acid groups (broad SMARTS) is 1. The average Bonchev–Trinajstić information content (AvgIpc) is 2.94. The van der Waals surface area contributed by atoms with Crippen LogP contribution in [0.5, 0.6) is 0 Å². The molecule has 0 unspecified atom stereocenters. The Balaban J connectivity index is 1.93. The van der Waals surface area contributed by atoms with Gasteiger partial charge in [-0.25, -0.2) is 4.79 Å². The summed E-state index contributed by atoms with van der Waals surface area (Å²) < 4.78 is 1.32. The molecule has 1 saturated heterocycles. The summed E-state index contributed by atoms with van der Waals surface area (Å²) in [6.45, 7) is 0.630. The predicted octanol–water partition coefficient (Wildman–Crippen LogP) is 0.647. The van der Waals surface area contributed by atoms with Gasteiger partial charge in [0, 0.05) is 19.5 Å². The highest BCUT2D eigenvalue weighted by molar-refractivity contribution is 5.83. The molecule has 1 atom stereocenters. The maximum atomic E-state index is 12.1. The van der Waals surface area contributed by atoms with Crippen molar-refractivity contribution in [1.82, 2.24) is 14.7 Å². The molecule has 9 nitrogen and oxygen atoms in total. The molecule has 1 aromatic rings. The molecule has 1 N–H and O–H groups in total. The number of hydrogen-bond donors (Lipinski definition) is 1. The van der Waals surface area contributed by atoms with Crippen molar-refractivity contribution in [2.45, 2.75) is 38.3 Å². The first kappa shape index (κ1) is 14.9. The normalized spacial score (nSPS) is 18.5. The zero-order valence-corrected chi connectivity index (χ0v) is 11.3. The molecule has 9 heteroatoms. The van der Waals surface area contributed by atoms with Gasteiger partial charge in [0.2, 0.25) is 5.91 Å². The monoisotopic (exact) mass is 296 g/mol. The minimum atomic E-state index is -0.988. The fraction of sp³-hybridized carbons (Fsp3) is 0.583. The van der Waals surface area contributed by atoms with Gasteiger partial charge in [-0.3, -0.25) is 19.6 Å². The van der Waals surface area contributed by atoms with Crippen molar-refractivity contribution in [2.75, 3.05) is 6.54 Å². The van der Waals surface area contributed by atoms with Crippen molar-refractivity contribution >= 4 is 17.6 Å². The molecule has 1 amide bonds. The third-order valence-corrected chi connectivity index (χ3v) is 3.49. The van der Waals surface area contributed by atoms with Gasteiger partial charge < -0.3 is 10.0 Å². The minimum absolute atomic E-state index is 0.0720. The summed E-state index contributed by atoms with van der Waals surface area (Å²) in [7, 11) is 0. The molecular weight excluding hydrogens is 280 g/mol. The van der Waals surface area contributed by atoms with Crippen LogP contribution >= 0.6 is 0 Å². The second kappa shape index (κ2) is 6.33. The smallest absolute Gasteiger partial charge is 0.326 e. The highest BCUT2D eigenvalue weighted by atomic mass is 16.6. The number of hydrogen-bond acceptors (Lipinski definition) is 5. The topological polar surface area (TPSA) is 119 Å². The highest BCUT2D eigenvalue weighted by Crippen LogP contribution is 2.18. The second-order valence-corrected chi connectivity index (χ2v) is 4.91. The van der Waals surface area contributed by atoms with Crippen LogP contribution in [0.2, 0.25) is 0 Å². The molecule has 0 bridgehead atoms. The van der Waals surface area contributed by atoms with E-state index in [0.29, 0.717) is 13.0 Å². The van der Waals surface area contributed by atoms with E-state index in [1.165, 1.54) is 15.8 Å². The molecule has 0 aromatic carbocycles. The molecule has 2 rings (SSSR count). The molecule has 0 aliphatic carbocycles. The van der Waals surface area contributed by atoms with E-state index in [-0.39, 0.29) is 24.6 Å². The fourth-order valence-corrected chi connectivity index (χ4v) is 2.41. The quantitative estimate of drug-likeness (QED) is 0.629. The number of carbonyl (C=O) groups is 2. The Bertz CT molecular complexity index is 556. The standard InChI is InChI=1S/C12H16N4O5/c17-11(15-5-2-1-3-10(15)12(18)19)4-6-14-8-9(7-13-14)16(20)21/h7-8,10H,1-6H2,(H,18,19)/t10-/m1/s1. The number of aryl methyl sites for hydroxylation is 1. The Kier molecular flexibility index (Phi) is 4.51. The Hall–Kier alpha value is -2.45. The number of nitrogens with zero attached hydrogens (tertiary/aromatic N) is 4. The van der Waals surface area contributed by atoms with Crippen molar-refractivity contribution in [1.29, 1.82) is 0 Å². The van der Waals surface area contributed by atoms with Crippen LogP contribution in [-0.2, 0) is 16.1 Å². The second-order valence-electron chi connectivity index (χ2n) is 4.91. The van der Waals surface area contributed by atoms with Crippen LogP contribution in [0.25, 0.3) is 0 Å². The summed E-state index contributed by atoms with van der Waals surface area (Å²) in [4.78, 5) is 34.6. The van der Waals surface area contributed by atoms with Gasteiger partial charge in [0.1, 0.15) is 18.4 Å². The lowest BCUT2D eigenvalue weighted by atomic mass is 10.0. The van der Waals surface area contributed by atoms with Crippen molar-refractivity contribution in [3.05, 3.63) is 22.5 Å². The molecule has 1 aromatic heterocycles. The number of aromatic nitrogens is 2. The Labute approximate surface area is 120 Å². The number of piperidine rings is 1. The van der Waals surface area contributed by atoms with E-state index in [1.807, 2.05) is 0 Å². The largest absolute Gasteiger partial charge is 0.480 e. The van der Waals surface area contributed by atoms with Crippen molar-refractivity contribution in [2.24, 2.45) is 0 Å². The Morgan fingerprint density at radius 1 is 1.48 bits per heavy atom. The lowest BCUT2D eigenvalue weighted by molar-refractivity contribution is -0.385. The third-order valence-electron chi connectivity index (χ3n) is 3.49. The van der Waals surface area contributed by atoms with Gasteiger partial charge >= 0.3 is 11.7 Å². The predicted molar refractivity (Wildman–Crippen MR) is 70.5 cm³/mol. The molecule has 0 radical (unpaired) electrons. The summed E-state index contributed by atoms with van der Waals surface area (Å²) in [5, 5.41) is 23.4. The minimum Gasteiger partial charge on any atom is -0.480 e. The number of carboxylic acids is 1. The summed E-state index contributed by atoms with van der Waals surface area (Å²) in [5.74, 6) is -1.25. The van der Waals surface area contributed by atoms with Crippen LogP contribution in [0.3, 0.4) is 0 Å². The molecule has 1 aliphatic rings. The van der Waals surface area contributed by atoms with Gasteiger partial charge in [-0.15, -0.1) is 0 Å². The molecular formula is C12H16N4O5. The van der Waals surface area contributed by atoms with Crippen LogP contribution in [0, 0.1) is 10.1 Å². The number of carbonyl (C=O) groups excluding carboxylic acids is 1. The van der Waals surface area contributed by atoms with Gasteiger partial charge in [-0.2, -0.15) is 5.10 Å². The lowest BCUT2D eigenvalue weighted by Gasteiger charge is -2.33. The molecule has 2 heterocycles. The van der Waals surface area contributed by atoms with E-state index in [9.17, 15) is 19.7 Å². The van der Waals surface area contributed by atoms with Crippen molar-refractivity contribution in [3.63, 3.8) is 0 Å². The third kappa shape index (κ3) is 3.56. The molecule has 21 heavy (non-hydrogen) atoms. The Morgan fingerprint density at radius 3 is 2.86 bits per heavy atom. The first-order valence-electron chi connectivity index (χ1n) is 6.68. The molecule has 114 valence electrons. The van der Waals surface area contributed by atoms with E-state index in [0.717, 1.165) is 19.0 Å². The van der Waals surface area contributed by atoms with Crippen LogP contribution in [0.1, 0.15) is 25.7 Å². The van der Waals surface area contributed by atoms with Gasteiger partial charge in [0.15, 0.2) is 0 Å². The van der Waals surface area contributed by atoms with Crippen molar-refractivity contribution < 1.29 is 19.6 Å². The molecule has 0 spiro atoms.